The zero-order chi connectivity index (χ0) is 17.0. The second kappa shape index (κ2) is 7.36. The van der Waals surface area contributed by atoms with E-state index in [1.54, 1.807) is 11.1 Å². The first-order chi connectivity index (χ1) is 11.6. The average Bonchev–Trinajstić information content (AvgIpc) is 2.95. The van der Waals surface area contributed by atoms with Crippen LogP contribution in [0.3, 0.4) is 0 Å². The van der Waals surface area contributed by atoms with Gasteiger partial charge in [0.05, 0.1) is 28.3 Å². The van der Waals surface area contributed by atoms with Crippen molar-refractivity contribution in [2.75, 3.05) is 22.2 Å². The topological polar surface area (TPSA) is 67.3 Å². The van der Waals surface area contributed by atoms with Crippen LogP contribution in [0.25, 0.3) is 0 Å². The smallest absolute Gasteiger partial charge is 0.237 e. The van der Waals surface area contributed by atoms with Crippen LogP contribution in [0.2, 0.25) is 0 Å². The van der Waals surface area contributed by atoms with Crippen molar-refractivity contribution in [2.24, 2.45) is 0 Å². The van der Waals surface area contributed by atoms with Gasteiger partial charge in [-0.15, -0.1) is 0 Å². The lowest BCUT2D eigenvalue weighted by Gasteiger charge is -2.28. The fraction of sp³-hybridized carbons (Fsp3) is 0.294. The summed E-state index contributed by atoms with van der Waals surface area (Å²) in [5.74, 6) is 0.297. The molecule has 126 valence electrons. The molecule has 1 aliphatic heterocycles. The first kappa shape index (κ1) is 17.0. The normalized spacial score (nSPS) is 19.1. The molecular weight excluding hydrogens is 344 g/mol. The van der Waals surface area contributed by atoms with E-state index in [9.17, 15) is 13.2 Å². The summed E-state index contributed by atoms with van der Waals surface area (Å²) in [7, 11) is -3.06. The number of anilines is 1. The minimum Gasteiger partial charge on any atom is -0.308 e. The van der Waals surface area contributed by atoms with Crippen LogP contribution in [0, 0.1) is 0 Å². The van der Waals surface area contributed by atoms with Gasteiger partial charge in [-0.25, -0.2) is 13.4 Å². The molecule has 1 fully saturated rings. The second-order valence-corrected chi connectivity index (χ2v) is 8.84. The highest BCUT2D eigenvalue weighted by molar-refractivity contribution is 7.99. The summed E-state index contributed by atoms with van der Waals surface area (Å²) in [5, 5.41) is 0.776. The number of amides is 1. The number of benzene rings is 1. The lowest BCUT2D eigenvalue weighted by Crippen LogP contribution is -2.42. The summed E-state index contributed by atoms with van der Waals surface area (Å²) < 4.78 is 23.7. The molecule has 0 unspecified atom stereocenters. The van der Waals surface area contributed by atoms with Gasteiger partial charge in [0, 0.05) is 11.9 Å². The molecule has 0 bridgehead atoms. The van der Waals surface area contributed by atoms with Crippen LogP contribution in [-0.4, -0.2) is 42.6 Å². The molecule has 5 nitrogen and oxygen atoms in total. The van der Waals surface area contributed by atoms with E-state index in [0.29, 0.717) is 6.42 Å². The summed E-state index contributed by atoms with van der Waals surface area (Å²) in [6.45, 7) is 0. The number of nitrogens with zero attached hydrogens (tertiary/aromatic N) is 2. The third kappa shape index (κ3) is 4.15. The molecule has 0 saturated carbocycles. The van der Waals surface area contributed by atoms with E-state index in [2.05, 4.69) is 4.98 Å². The van der Waals surface area contributed by atoms with E-state index in [4.69, 9.17) is 0 Å². The van der Waals surface area contributed by atoms with Crippen molar-refractivity contribution in [2.45, 2.75) is 17.5 Å². The standard InChI is InChI=1S/C17H18N2O3S2/c20-17(12-23-16-8-4-5-10-18-16)19(14-6-2-1-3-7-14)15-9-11-24(21,22)13-15/h1-8,10,15H,9,11-13H2/t15-/m1/s1. The quantitative estimate of drug-likeness (QED) is 0.764. The van der Waals surface area contributed by atoms with Crippen LogP contribution >= 0.6 is 11.8 Å². The van der Waals surface area contributed by atoms with Crippen LogP contribution in [-0.2, 0) is 14.6 Å². The zero-order valence-corrected chi connectivity index (χ0v) is 14.7. The van der Waals surface area contributed by atoms with Gasteiger partial charge in [0.1, 0.15) is 0 Å². The number of hydrogen-bond acceptors (Lipinski definition) is 5. The number of hydrogen-bond donors (Lipinski definition) is 0. The lowest BCUT2D eigenvalue weighted by molar-refractivity contribution is -0.116. The summed E-state index contributed by atoms with van der Waals surface area (Å²) in [6, 6.07) is 14.5. The monoisotopic (exact) mass is 362 g/mol. The van der Waals surface area contributed by atoms with Crippen molar-refractivity contribution >= 4 is 33.2 Å². The van der Waals surface area contributed by atoms with Crippen LogP contribution in [0.5, 0.6) is 0 Å². The number of sulfone groups is 1. The van der Waals surface area contributed by atoms with Gasteiger partial charge >= 0.3 is 0 Å². The minimum absolute atomic E-state index is 0.0297. The Hall–Kier alpha value is -1.86. The highest BCUT2D eigenvalue weighted by Gasteiger charge is 2.35. The molecule has 7 heteroatoms. The Labute approximate surface area is 146 Å². The summed E-state index contributed by atoms with van der Waals surface area (Å²) in [5.41, 5.74) is 0.742. The number of thioether (sulfide) groups is 1. The van der Waals surface area contributed by atoms with Crippen molar-refractivity contribution in [3.8, 4) is 0 Å². The Bertz CT molecular complexity index is 795. The maximum Gasteiger partial charge on any atom is 0.237 e. The molecule has 1 aliphatic rings. The number of carbonyl (C=O) groups excluding carboxylic acids is 1. The van der Waals surface area contributed by atoms with Crippen molar-refractivity contribution in [3.05, 3.63) is 54.7 Å². The maximum absolute atomic E-state index is 12.8. The van der Waals surface area contributed by atoms with Crippen LogP contribution < -0.4 is 4.90 Å². The number of carbonyl (C=O) groups is 1. The third-order valence-corrected chi connectivity index (χ3v) is 6.54. The average molecular weight is 362 g/mol. The molecule has 1 atom stereocenters. The Kier molecular flexibility index (Phi) is 5.20. The molecule has 2 aromatic rings. The predicted molar refractivity (Wildman–Crippen MR) is 95.9 cm³/mol. The number of para-hydroxylation sites is 1. The van der Waals surface area contributed by atoms with Gasteiger partial charge in [0.15, 0.2) is 9.84 Å². The van der Waals surface area contributed by atoms with Gasteiger partial charge in [-0.1, -0.05) is 36.0 Å². The van der Waals surface area contributed by atoms with Crippen LogP contribution in [0.4, 0.5) is 5.69 Å². The molecule has 1 amide bonds. The van der Waals surface area contributed by atoms with E-state index in [0.717, 1.165) is 10.7 Å². The molecule has 1 aromatic carbocycles. The van der Waals surface area contributed by atoms with Crippen molar-refractivity contribution in [3.63, 3.8) is 0 Å². The lowest BCUT2D eigenvalue weighted by atomic mass is 10.2. The molecule has 3 rings (SSSR count). The Morgan fingerprint density at radius 2 is 1.92 bits per heavy atom. The molecule has 0 N–H and O–H groups in total. The summed E-state index contributed by atoms with van der Waals surface area (Å²) in [4.78, 5) is 18.6. The first-order valence-corrected chi connectivity index (χ1v) is 10.5. The SMILES string of the molecule is O=C(CSc1ccccn1)N(c1ccccc1)[C@@H]1CCS(=O)(=O)C1. The van der Waals surface area contributed by atoms with Crippen LogP contribution in [0.15, 0.2) is 59.8 Å². The van der Waals surface area contributed by atoms with Gasteiger partial charge in [-0.05, 0) is 30.7 Å². The maximum atomic E-state index is 12.8. The van der Waals surface area contributed by atoms with Gasteiger partial charge < -0.3 is 4.90 Å². The van der Waals surface area contributed by atoms with Gasteiger partial charge in [0.2, 0.25) is 5.91 Å². The van der Waals surface area contributed by atoms with E-state index in [1.807, 2.05) is 48.5 Å². The molecular formula is C17H18N2O3S2. The first-order valence-electron chi connectivity index (χ1n) is 7.66. The van der Waals surface area contributed by atoms with Crippen LogP contribution in [0.1, 0.15) is 6.42 Å². The highest BCUT2D eigenvalue weighted by atomic mass is 32.2. The van der Waals surface area contributed by atoms with E-state index >= 15 is 0 Å². The van der Waals surface area contributed by atoms with E-state index in [-0.39, 0.29) is 29.2 Å². The van der Waals surface area contributed by atoms with Gasteiger partial charge in [0.25, 0.3) is 0 Å². The molecule has 1 aromatic heterocycles. The summed E-state index contributed by atoms with van der Waals surface area (Å²) in [6.07, 6.45) is 2.17. The van der Waals surface area contributed by atoms with E-state index < -0.39 is 9.84 Å². The molecule has 0 radical (unpaired) electrons. The summed E-state index contributed by atoms with van der Waals surface area (Å²) >= 11 is 1.36. The largest absolute Gasteiger partial charge is 0.308 e. The third-order valence-electron chi connectivity index (χ3n) is 3.86. The fourth-order valence-corrected chi connectivity index (χ4v) is 5.18. The Balaban J connectivity index is 1.78. The second-order valence-electron chi connectivity index (χ2n) is 5.61. The number of pyridine rings is 1. The van der Waals surface area contributed by atoms with E-state index in [1.165, 1.54) is 11.8 Å². The van der Waals surface area contributed by atoms with Gasteiger partial charge in [-0.3, -0.25) is 4.79 Å². The Morgan fingerprint density at radius 3 is 2.54 bits per heavy atom. The Morgan fingerprint density at radius 1 is 1.17 bits per heavy atom. The predicted octanol–water partition coefficient (Wildman–Crippen LogP) is 2.39. The molecule has 24 heavy (non-hydrogen) atoms. The molecule has 0 spiro atoms. The van der Waals surface area contributed by atoms with Crippen molar-refractivity contribution < 1.29 is 13.2 Å². The molecule has 1 saturated heterocycles. The van der Waals surface area contributed by atoms with Crippen molar-refractivity contribution in [1.29, 1.82) is 0 Å². The molecule has 2 heterocycles. The fourth-order valence-electron chi connectivity index (χ4n) is 2.76. The highest BCUT2D eigenvalue weighted by Crippen LogP contribution is 2.26. The number of aromatic nitrogens is 1. The minimum atomic E-state index is -3.06. The number of rotatable bonds is 5. The molecule has 0 aliphatic carbocycles. The van der Waals surface area contributed by atoms with Gasteiger partial charge in [-0.2, -0.15) is 0 Å². The zero-order valence-electron chi connectivity index (χ0n) is 13.0. The van der Waals surface area contributed by atoms with Crippen molar-refractivity contribution in [1.82, 2.24) is 4.98 Å².